The Labute approximate surface area is 203 Å². The predicted molar refractivity (Wildman–Crippen MR) is 132 cm³/mol. The number of amides is 1. The lowest BCUT2D eigenvalue weighted by atomic mass is 10.2. The molecule has 0 atom stereocenters. The van der Waals surface area contributed by atoms with E-state index in [1.54, 1.807) is 54.6 Å². The molecular formula is C25H24N2O7S. The third-order valence-electron chi connectivity index (χ3n) is 4.96. The predicted octanol–water partition coefficient (Wildman–Crippen LogP) is 4.28. The Hall–Kier alpha value is -4.18. The van der Waals surface area contributed by atoms with Crippen LogP contribution in [0.5, 0.6) is 23.0 Å². The second-order valence-corrected chi connectivity index (χ2v) is 9.01. The Morgan fingerprint density at radius 1 is 1.00 bits per heavy atom. The first-order valence-electron chi connectivity index (χ1n) is 10.7. The number of rotatable bonds is 9. The van der Waals surface area contributed by atoms with Crippen molar-refractivity contribution < 1.29 is 32.2 Å². The molecule has 2 N–H and O–H groups in total. The minimum atomic E-state index is -4.01. The van der Waals surface area contributed by atoms with Gasteiger partial charge < -0.3 is 24.3 Å². The van der Waals surface area contributed by atoms with Crippen LogP contribution in [0.25, 0.3) is 6.08 Å². The van der Waals surface area contributed by atoms with E-state index in [0.717, 1.165) is 5.56 Å². The summed E-state index contributed by atoms with van der Waals surface area (Å²) in [5.41, 5.74) is 1.40. The molecule has 9 nitrogen and oxygen atoms in total. The number of sulfonamides is 1. The maximum atomic E-state index is 13.1. The zero-order valence-corrected chi connectivity index (χ0v) is 19.9. The van der Waals surface area contributed by atoms with Crippen molar-refractivity contribution in [2.24, 2.45) is 0 Å². The molecule has 3 aromatic carbocycles. The first-order chi connectivity index (χ1) is 16.9. The summed E-state index contributed by atoms with van der Waals surface area (Å²) in [6, 6.07) is 16.2. The number of nitrogens with one attached hydrogen (secondary N) is 2. The van der Waals surface area contributed by atoms with Crippen LogP contribution in [0.3, 0.4) is 0 Å². The van der Waals surface area contributed by atoms with E-state index in [1.165, 1.54) is 25.3 Å². The number of methoxy groups -OCH3 is 1. The van der Waals surface area contributed by atoms with Crippen molar-refractivity contribution in [1.29, 1.82) is 0 Å². The monoisotopic (exact) mass is 496 g/mol. The zero-order chi connectivity index (χ0) is 24.8. The van der Waals surface area contributed by atoms with Gasteiger partial charge in [-0.15, -0.1) is 0 Å². The van der Waals surface area contributed by atoms with E-state index in [9.17, 15) is 13.2 Å². The van der Waals surface area contributed by atoms with Gasteiger partial charge in [-0.25, -0.2) is 8.42 Å². The van der Waals surface area contributed by atoms with Crippen LogP contribution in [0.15, 0.2) is 71.6 Å². The number of ether oxygens (including phenoxy) is 4. The Balaban J connectivity index is 1.49. The summed E-state index contributed by atoms with van der Waals surface area (Å²) in [5.74, 6) is 1.59. The SMILES string of the molecule is CCOc1ccc(NS(=O)(=O)c2cc(NC(=O)C=Cc3ccc4c(c3)OCO4)ccc2OC)cc1. The summed E-state index contributed by atoms with van der Waals surface area (Å²) in [6.45, 7) is 2.54. The fraction of sp³-hybridized carbons (Fsp3) is 0.160. The van der Waals surface area contributed by atoms with E-state index >= 15 is 0 Å². The Morgan fingerprint density at radius 3 is 2.49 bits per heavy atom. The molecule has 35 heavy (non-hydrogen) atoms. The van der Waals surface area contributed by atoms with Crippen molar-refractivity contribution in [2.45, 2.75) is 11.8 Å². The fourth-order valence-corrected chi connectivity index (χ4v) is 4.59. The molecule has 0 aromatic heterocycles. The number of carbonyl (C=O) groups is 1. The van der Waals surface area contributed by atoms with Crippen molar-refractivity contribution in [3.8, 4) is 23.0 Å². The van der Waals surface area contributed by atoms with Crippen LogP contribution in [0, 0.1) is 0 Å². The molecule has 0 spiro atoms. The summed E-state index contributed by atoms with van der Waals surface area (Å²) in [5, 5.41) is 2.67. The highest BCUT2D eigenvalue weighted by Crippen LogP contribution is 2.33. The van der Waals surface area contributed by atoms with E-state index in [0.29, 0.717) is 35.2 Å². The highest BCUT2D eigenvalue weighted by atomic mass is 32.2. The number of carbonyl (C=O) groups excluding carboxylic acids is 1. The summed E-state index contributed by atoms with van der Waals surface area (Å²) in [7, 11) is -2.64. The summed E-state index contributed by atoms with van der Waals surface area (Å²) in [6.07, 6.45) is 2.96. The highest BCUT2D eigenvalue weighted by molar-refractivity contribution is 7.92. The van der Waals surface area contributed by atoms with Crippen molar-refractivity contribution in [3.05, 3.63) is 72.3 Å². The summed E-state index contributed by atoms with van der Waals surface area (Å²) < 4.78 is 49.9. The van der Waals surface area contributed by atoms with Gasteiger partial charge >= 0.3 is 0 Å². The van der Waals surface area contributed by atoms with Crippen LogP contribution < -0.4 is 29.0 Å². The molecule has 1 amide bonds. The molecule has 10 heteroatoms. The van der Waals surface area contributed by atoms with Gasteiger partial charge in [-0.1, -0.05) is 6.07 Å². The smallest absolute Gasteiger partial charge is 0.265 e. The maximum absolute atomic E-state index is 13.1. The van der Waals surface area contributed by atoms with Gasteiger partial charge in [-0.2, -0.15) is 0 Å². The lowest BCUT2D eigenvalue weighted by molar-refractivity contribution is -0.111. The highest BCUT2D eigenvalue weighted by Gasteiger charge is 2.21. The average Bonchev–Trinajstić information content (AvgIpc) is 3.32. The van der Waals surface area contributed by atoms with Gasteiger partial charge in [0.15, 0.2) is 11.5 Å². The molecule has 1 aliphatic heterocycles. The fourth-order valence-electron chi connectivity index (χ4n) is 3.33. The Morgan fingerprint density at radius 2 is 1.74 bits per heavy atom. The molecule has 0 aliphatic carbocycles. The van der Waals surface area contributed by atoms with Crippen LogP contribution in [0.1, 0.15) is 12.5 Å². The molecule has 0 saturated carbocycles. The molecular weight excluding hydrogens is 472 g/mol. The maximum Gasteiger partial charge on any atom is 0.265 e. The topological polar surface area (TPSA) is 112 Å². The van der Waals surface area contributed by atoms with Crippen molar-refractivity contribution >= 4 is 33.4 Å². The van der Waals surface area contributed by atoms with Crippen molar-refractivity contribution in [3.63, 3.8) is 0 Å². The van der Waals surface area contributed by atoms with Gasteiger partial charge in [-0.3, -0.25) is 9.52 Å². The largest absolute Gasteiger partial charge is 0.495 e. The molecule has 3 aromatic rings. The van der Waals surface area contributed by atoms with Crippen LogP contribution in [-0.4, -0.2) is 34.8 Å². The lowest BCUT2D eigenvalue weighted by Crippen LogP contribution is -2.15. The second kappa shape index (κ2) is 10.4. The lowest BCUT2D eigenvalue weighted by Gasteiger charge is -2.14. The van der Waals surface area contributed by atoms with Crippen molar-refractivity contribution in [2.75, 3.05) is 30.5 Å². The van der Waals surface area contributed by atoms with Gasteiger partial charge in [0, 0.05) is 17.5 Å². The van der Waals surface area contributed by atoms with Crippen LogP contribution >= 0.6 is 0 Å². The van der Waals surface area contributed by atoms with E-state index in [-0.39, 0.29) is 17.4 Å². The molecule has 182 valence electrons. The molecule has 0 bridgehead atoms. The van der Waals surface area contributed by atoms with E-state index in [2.05, 4.69) is 10.0 Å². The Bertz CT molecular complexity index is 1350. The number of anilines is 2. The molecule has 4 rings (SSSR count). The average molecular weight is 497 g/mol. The minimum absolute atomic E-state index is 0.119. The number of hydrogen-bond acceptors (Lipinski definition) is 7. The molecule has 0 radical (unpaired) electrons. The van der Waals surface area contributed by atoms with Crippen molar-refractivity contribution in [1.82, 2.24) is 0 Å². The second-order valence-electron chi connectivity index (χ2n) is 7.36. The van der Waals surface area contributed by atoms with Gasteiger partial charge in [0.25, 0.3) is 10.0 Å². The third-order valence-corrected chi connectivity index (χ3v) is 6.36. The Kier molecular flexibility index (Phi) is 7.11. The van der Waals surface area contributed by atoms with E-state index in [4.69, 9.17) is 18.9 Å². The summed E-state index contributed by atoms with van der Waals surface area (Å²) >= 11 is 0. The zero-order valence-electron chi connectivity index (χ0n) is 19.1. The molecule has 0 fully saturated rings. The molecule has 0 unspecified atom stereocenters. The van der Waals surface area contributed by atoms with Gasteiger partial charge in [0.1, 0.15) is 16.4 Å². The van der Waals surface area contributed by atoms with E-state index in [1.807, 2.05) is 6.92 Å². The van der Waals surface area contributed by atoms with Gasteiger partial charge in [0.2, 0.25) is 12.7 Å². The third kappa shape index (κ3) is 5.85. The van der Waals surface area contributed by atoms with Gasteiger partial charge in [0.05, 0.1) is 13.7 Å². The first-order valence-corrected chi connectivity index (χ1v) is 12.2. The molecule has 1 aliphatic rings. The first kappa shape index (κ1) is 24.0. The van der Waals surface area contributed by atoms with Crippen LogP contribution in [0.4, 0.5) is 11.4 Å². The number of fused-ring (bicyclic) bond motifs is 1. The minimum Gasteiger partial charge on any atom is -0.495 e. The van der Waals surface area contributed by atoms with E-state index < -0.39 is 15.9 Å². The molecule has 0 saturated heterocycles. The standard InChI is InChI=1S/C25H24N2O7S/c1-3-32-20-9-6-18(7-10-20)27-35(29,30)24-15-19(8-12-22(24)31-2)26-25(28)13-5-17-4-11-21-23(14-17)34-16-33-21/h4-15,27H,3,16H2,1-2H3,(H,26,28). The summed E-state index contributed by atoms with van der Waals surface area (Å²) in [4.78, 5) is 12.3. The normalized spacial score (nSPS) is 12.4. The number of hydrogen-bond donors (Lipinski definition) is 2. The van der Waals surface area contributed by atoms with Gasteiger partial charge in [-0.05, 0) is 73.2 Å². The van der Waals surface area contributed by atoms with Crippen LogP contribution in [0.2, 0.25) is 0 Å². The quantitative estimate of drug-likeness (QED) is 0.425. The molecule has 1 heterocycles. The van der Waals surface area contributed by atoms with Crippen LogP contribution in [-0.2, 0) is 14.8 Å². The number of benzene rings is 3.